The fourth-order valence-corrected chi connectivity index (χ4v) is 5.15. The summed E-state index contributed by atoms with van der Waals surface area (Å²) in [7, 11) is 0. The number of rotatable bonds is 4. The lowest BCUT2D eigenvalue weighted by atomic mass is 9.91. The van der Waals surface area contributed by atoms with Crippen LogP contribution >= 0.6 is 0 Å². The van der Waals surface area contributed by atoms with Gasteiger partial charge in [0.2, 0.25) is 0 Å². The Morgan fingerprint density at radius 3 is 1.88 bits per heavy atom. The Hall–Kier alpha value is -3.29. The van der Waals surface area contributed by atoms with Crippen molar-refractivity contribution in [1.82, 2.24) is 9.60 Å². The number of amides is 2. The van der Waals surface area contributed by atoms with Crippen LogP contribution in [0.3, 0.4) is 0 Å². The summed E-state index contributed by atoms with van der Waals surface area (Å²) in [6, 6.07) is 2.50. The van der Waals surface area contributed by atoms with Gasteiger partial charge in [-0.3, -0.25) is 4.79 Å². The van der Waals surface area contributed by atoms with Gasteiger partial charge in [-0.15, -0.1) is 0 Å². The minimum absolute atomic E-state index is 0.0384. The molecule has 0 aromatic heterocycles. The third-order valence-corrected chi connectivity index (χ3v) is 6.86. The maximum Gasteiger partial charge on any atom is 0.547 e. The second kappa shape index (κ2) is 11.2. The molecule has 0 fully saturated rings. The normalized spacial score (nSPS) is 19.6. The van der Waals surface area contributed by atoms with E-state index < -0.39 is 76.1 Å². The second-order valence-corrected chi connectivity index (χ2v) is 10.1. The number of alkyl halides is 9. The van der Waals surface area contributed by atoms with E-state index in [9.17, 15) is 49.1 Å². The van der Waals surface area contributed by atoms with Crippen LogP contribution in [0.15, 0.2) is 36.4 Å². The Balaban J connectivity index is 2.35. The van der Waals surface area contributed by atoms with Crippen LogP contribution in [0.5, 0.6) is 0 Å². The Bertz CT molecular complexity index is 1270. The molecular formula is C27H28F9N2O3+. The Morgan fingerprint density at radius 2 is 1.44 bits per heavy atom. The fraction of sp³-hybridized carbons (Fsp3) is 0.481. The molecule has 2 aromatic carbocycles. The molecule has 2 amide bonds. The maximum atomic E-state index is 13.9. The van der Waals surface area contributed by atoms with Crippen LogP contribution in [0.2, 0.25) is 0 Å². The lowest BCUT2D eigenvalue weighted by molar-refractivity contribution is -0.149. The number of quaternary nitrogens is 1. The first-order valence-corrected chi connectivity index (χ1v) is 12.6. The number of carbonyl (C=O) groups excluding carboxylic acids is 2. The Kier molecular flexibility index (Phi) is 8.79. The van der Waals surface area contributed by atoms with Gasteiger partial charge in [0, 0.05) is 25.0 Å². The molecular weight excluding hydrogens is 571 g/mol. The molecule has 0 aliphatic carbocycles. The van der Waals surface area contributed by atoms with Crippen LogP contribution in [-0.2, 0) is 41.0 Å². The number of carbonyl (C=O) groups is 2. The molecule has 0 saturated heterocycles. The van der Waals surface area contributed by atoms with Gasteiger partial charge in [0.25, 0.3) is 5.91 Å². The van der Waals surface area contributed by atoms with Crippen molar-refractivity contribution in [3.8, 4) is 0 Å². The highest BCUT2D eigenvalue weighted by molar-refractivity contribution is 5.89. The average Bonchev–Trinajstić information content (AvgIpc) is 2.83. The molecule has 0 radical (unpaired) electrons. The summed E-state index contributed by atoms with van der Waals surface area (Å²) in [5.41, 5.74) is -4.91. The zero-order valence-corrected chi connectivity index (χ0v) is 22.5. The lowest BCUT2D eigenvalue weighted by Gasteiger charge is -2.48. The molecule has 2 aromatic rings. The Labute approximate surface area is 230 Å². The number of hydrogen-bond acceptors (Lipinski definition) is 3. The maximum absolute atomic E-state index is 13.9. The molecule has 1 aliphatic rings. The van der Waals surface area contributed by atoms with Gasteiger partial charge in [-0.05, 0) is 62.6 Å². The highest BCUT2D eigenvalue weighted by atomic mass is 19.4. The Morgan fingerprint density at radius 1 is 0.902 bits per heavy atom. The van der Waals surface area contributed by atoms with Crippen molar-refractivity contribution in [2.45, 2.75) is 84.2 Å². The van der Waals surface area contributed by atoms with Gasteiger partial charge in [-0.2, -0.15) is 49.3 Å². The lowest BCUT2D eigenvalue weighted by Crippen LogP contribution is -2.72. The van der Waals surface area contributed by atoms with Crippen LogP contribution < -0.4 is 4.59 Å². The van der Waals surface area contributed by atoms with E-state index in [4.69, 9.17) is 4.74 Å². The molecule has 3 rings (SSSR count). The predicted octanol–water partition coefficient (Wildman–Crippen LogP) is 8.28. The molecule has 14 heteroatoms. The quantitative estimate of drug-likeness (QED) is 0.263. The topological polar surface area (TPSA) is 46.6 Å². The fourth-order valence-electron chi connectivity index (χ4n) is 5.15. The van der Waals surface area contributed by atoms with Gasteiger partial charge in [0.05, 0.1) is 23.2 Å². The number of fused-ring (bicyclic) bond motifs is 1. The molecule has 0 spiro atoms. The van der Waals surface area contributed by atoms with Gasteiger partial charge in [-0.1, -0.05) is 11.5 Å². The average molecular weight is 600 g/mol. The number of aryl methyl sites for hydroxylation is 1. The van der Waals surface area contributed by atoms with E-state index in [1.165, 1.54) is 13.8 Å². The molecule has 2 atom stereocenters. The summed E-state index contributed by atoms with van der Waals surface area (Å²) < 4.78 is 126. The third-order valence-electron chi connectivity index (χ3n) is 6.86. The van der Waals surface area contributed by atoms with Gasteiger partial charge in [-0.25, -0.2) is 0 Å². The van der Waals surface area contributed by atoms with Crippen molar-refractivity contribution in [3.05, 3.63) is 64.2 Å². The highest BCUT2D eigenvalue weighted by Crippen LogP contribution is 2.45. The van der Waals surface area contributed by atoms with Crippen molar-refractivity contribution in [3.63, 3.8) is 0 Å². The van der Waals surface area contributed by atoms with Gasteiger partial charge in [0.15, 0.2) is 5.69 Å². The van der Waals surface area contributed by atoms with E-state index in [-0.39, 0.29) is 36.6 Å². The molecule has 2 unspecified atom stereocenters. The van der Waals surface area contributed by atoms with Crippen molar-refractivity contribution in [1.29, 1.82) is 0 Å². The predicted molar refractivity (Wildman–Crippen MR) is 130 cm³/mol. The minimum Gasteiger partial charge on any atom is -0.415 e. The third kappa shape index (κ3) is 6.47. The summed E-state index contributed by atoms with van der Waals surface area (Å²) >= 11 is 0. The van der Waals surface area contributed by atoms with Gasteiger partial charge >= 0.3 is 24.6 Å². The zero-order valence-electron chi connectivity index (χ0n) is 22.5. The number of benzene rings is 2. The van der Waals surface area contributed by atoms with Crippen LogP contribution in [0.4, 0.5) is 50.0 Å². The summed E-state index contributed by atoms with van der Waals surface area (Å²) in [4.78, 5) is 27.1. The van der Waals surface area contributed by atoms with E-state index in [0.717, 1.165) is 24.1 Å². The first kappa shape index (κ1) is 32.2. The number of ether oxygens (including phenoxy) is 1. The van der Waals surface area contributed by atoms with Crippen molar-refractivity contribution >= 4 is 17.7 Å². The van der Waals surface area contributed by atoms with Crippen molar-refractivity contribution < 1.29 is 53.8 Å². The highest BCUT2D eigenvalue weighted by Gasteiger charge is 2.58. The first-order valence-electron chi connectivity index (χ1n) is 12.6. The monoisotopic (exact) mass is 599 g/mol. The van der Waals surface area contributed by atoms with Crippen LogP contribution in [-0.4, -0.2) is 29.2 Å². The summed E-state index contributed by atoms with van der Waals surface area (Å²) in [5.74, 6) is -0.928. The minimum atomic E-state index is -5.17. The van der Waals surface area contributed by atoms with E-state index in [1.54, 1.807) is 6.92 Å². The summed E-state index contributed by atoms with van der Waals surface area (Å²) in [6.07, 6.45) is -16.7. The largest absolute Gasteiger partial charge is 0.547 e. The van der Waals surface area contributed by atoms with Gasteiger partial charge < -0.3 is 4.74 Å². The number of halogens is 9. The number of nitrogens with zero attached hydrogens (tertiary/aromatic N) is 2. The molecule has 41 heavy (non-hydrogen) atoms. The van der Waals surface area contributed by atoms with E-state index in [2.05, 4.69) is 0 Å². The molecule has 1 aliphatic heterocycles. The molecule has 0 saturated carbocycles. The standard InChI is InChI=1S/C27H28F9N2O3/c1-5-22-8-6-18-12-19(25(28,29)30)7-9-23(18)38(22,24(40)41-15(2)3)37(16(4)39)14-17-10-20(26(31,32)33)13-21(11-17)27(34,35)36/h7,9-13,15,22H,5-6,8,14H2,1-4H3/q+1. The second-order valence-electron chi connectivity index (χ2n) is 10.1. The molecule has 5 nitrogen and oxygen atoms in total. The van der Waals surface area contributed by atoms with E-state index in [0.29, 0.717) is 18.2 Å². The summed E-state index contributed by atoms with van der Waals surface area (Å²) in [5, 5.41) is 0.764. The molecule has 0 bridgehead atoms. The van der Waals surface area contributed by atoms with Crippen LogP contribution in [0, 0.1) is 0 Å². The molecule has 1 heterocycles. The van der Waals surface area contributed by atoms with Gasteiger partial charge in [0.1, 0.15) is 12.1 Å². The van der Waals surface area contributed by atoms with Crippen LogP contribution in [0.25, 0.3) is 0 Å². The van der Waals surface area contributed by atoms with Crippen molar-refractivity contribution in [2.24, 2.45) is 0 Å². The molecule has 226 valence electrons. The smallest absolute Gasteiger partial charge is 0.415 e. The van der Waals surface area contributed by atoms with E-state index >= 15 is 0 Å². The van der Waals surface area contributed by atoms with Crippen LogP contribution in [0.1, 0.15) is 68.4 Å². The summed E-state index contributed by atoms with van der Waals surface area (Å²) in [6.45, 7) is 4.65. The number of hydrogen-bond donors (Lipinski definition) is 0. The van der Waals surface area contributed by atoms with E-state index in [1.807, 2.05) is 0 Å². The first-order chi connectivity index (χ1) is 18.7. The zero-order chi connectivity index (χ0) is 31.1. The van der Waals surface area contributed by atoms with Crippen molar-refractivity contribution in [2.75, 3.05) is 0 Å². The molecule has 0 N–H and O–H groups in total. The SMILES string of the molecule is CCC1CCc2cc(C(F)(F)F)ccc2[N+]1(C(=O)OC(C)C)N(Cc1cc(C(F)(F)F)cc(C(F)(F)F)c1)C(C)=O.